The number of aromatic nitrogens is 2. The van der Waals surface area contributed by atoms with Crippen molar-refractivity contribution in [2.45, 2.75) is 13.8 Å². The van der Waals surface area contributed by atoms with Crippen molar-refractivity contribution in [3.8, 4) is 11.5 Å². The zero-order valence-corrected chi connectivity index (χ0v) is 17.5. The number of fused-ring (bicyclic) bond motifs is 1. The Morgan fingerprint density at radius 1 is 1.03 bits per heavy atom. The lowest BCUT2D eigenvalue weighted by Crippen LogP contribution is -2.11. The zero-order chi connectivity index (χ0) is 20.5. The normalized spacial score (nSPS) is 12.4. The van der Waals surface area contributed by atoms with E-state index in [1.807, 2.05) is 52.8 Å². The van der Waals surface area contributed by atoms with Gasteiger partial charge in [-0.25, -0.2) is 9.67 Å². The molecule has 0 saturated heterocycles. The SMILES string of the molecule is Cc1ccc(N=c2scc(-c3ccco3)n2N=Cc2c[nH]c3ccccc23)cc1C. The number of aromatic amines is 1. The first-order valence-corrected chi connectivity index (χ1v) is 10.5. The standard InChI is InChI=1S/C24H20N4OS/c1-16-9-10-19(12-17(16)2)27-24-28(22(15-30-24)23-8-5-11-29-23)26-14-18-13-25-21-7-4-3-6-20(18)21/h3-15,25H,1-2H3. The summed E-state index contributed by atoms with van der Waals surface area (Å²) in [6.45, 7) is 4.20. The summed E-state index contributed by atoms with van der Waals surface area (Å²) in [5.41, 5.74) is 6.34. The maximum absolute atomic E-state index is 5.63. The smallest absolute Gasteiger partial charge is 0.211 e. The number of furan rings is 1. The molecule has 0 radical (unpaired) electrons. The molecule has 3 heterocycles. The summed E-state index contributed by atoms with van der Waals surface area (Å²) in [5.74, 6) is 0.754. The van der Waals surface area contributed by atoms with Crippen LogP contribution in [0, 0.1) is 13.8 Å². The molecule has 0 aliphatic rings. The van der Waals surface area contributed by atoms with Gasteiger partial charge < -0.3 is 9.40 Å². The molecule has 148 valence electrons. The van der Waals surface area contributed by atoms with Crippen LogP contribution in [-0.2, 0) is 0 Å². The zero-order valence-electron chi connectivity index (χ0n) is 16.7. The van der Waals surface area contributed by atoms with Crippen LogP contribution in [0.15, 0.2) is 86.9 Å². The number of rotatable bonds is 4. The fourth-order valence-corrected chi connectivity index (χ4v) is 4.15. The number of nitrogens with one attached hydrogen (secondary N) is 1. The van der Waals surface area contributed by atoms with Gasteiger partial charge in [0.1, 0.15) is 5.69 Å². The third-order valence-electron chi connectivity index (χ3n) is 5.11. The van der Waals surface area contributed by atoms with E-state index in [9.17, 15) is 0 Å². The topological polar surface area (TPSA) is 58.6 Å². The fourth-order valence-electron chi connectivity index (χ4n) is 3.31. The van der Waals surface area contributed by atoms with E-state index in [2.05, 4.69) is 43.1 Å². The molecule has 6 heteroatoms. The van der Waals surface area contributed by atoms with Crippen molar-refractivity contribution in [2.24, 2.45) is 10.1 Å². The number of nitrogens with zero attached hydrogens (tertiary/aromatic N) is 3. The van der Waals surface area contributed by atoms with E-state index in [4.69, 9.17) is 14.5 Å². The maximum Gasteiger partial charge on any atom is 0.211 e. The van der Waals surface area contributed by atoms with Gasteiger partial charge in [-0.05, 0) is 55.3 Å². The maximum atomic E-state index is 5.63. The Bertz CT molecular complexity index is 1420. The van der Waals surface area contributed by atoms with Crippen LogP contribution in [-0.4, -0.2) is 15.9 Å². The highest BCUT2D eigenvalue weighted by Gasteiger charge is 2.10. The molecule has 5 aromatic rings. The second kappa shape index (κ2) is 7.65. The number of hydrogen-bond acceptors (Lipinski definition) is 4. The minimum atomic E-state index is 0.754. The van der Waals surface area contributed by atoms with Crippen molar-refractivity contribution in [2.75, 3.05) is 0 Å². The lowest BCUT2D eigenvalue weighted by atomic mass is 10.1. The number of aryl methyl sites for hydroxylation is 2. The van der Waals surface area contributed by atoms with E-state index in [-0.39, 0.29) is 0 Å². The van der Waals surface area contributed by atoms with Crippen LogP contribution in [0.2, 0.25) is 0 Å². The van der Waals surface area contributed by atoms with Crippen molar-refractivity contribution < 1.29 is 4.42 Å². The Morgan fingerprint density at radius 2 is 1.93 bits per heavy atom. The van der Waals surface area contributed by atoms with Gasteiger partial charge in [-0.2, -0.15) is 5.10 Å². The summed E-state index contributed by atoms with van der Waals surface area (Å²) in [6, 6.07) is 18.2. The quantitative estimate of drug-likeness (QED) is 0.360. The Labute approximate surface area is 177 Å². The van der Waals surface area contributed by atoms with Gasteiger partial charge in [0.15, 0.2) is 5.76 Å². The van der Waals surface area contributed by atoms with E-state index < -0.39 is 0 Å². The van der Waals surface area contributed by atoms with Crippen LogP contribution in [0.3, 0.4) is 0 Å². The largest absolute Gasteiger partial charge is 0.463 e. The molecular formula is C24H20N4OS. The molecule has 2 aromatic carbocycles. The van der Waals surface area contributed by atoms with Crippen molar-refractivity contribution >= 4 is 34.1 Å². The molecule has 30 heavy (non-hydrogen) atoms. The Balaban J connectivity index is 1.64. The highest BCUT2D eigenvalue weighted by Crippen LogP contribution is 2.22. The molecular weight excluding hydrogens is 392 g/mol. The molecule has 0 atom stereocenters. The van der Waals surface area contributed by atoms with Gasteiger partial charge in [-0.1, -0.05) is 24.3 Å². The number of hydrogen-bond donors (Lipinski definition) is 1. The molecule has 0 aliphatic heterocycles. The minimum absolute atomic E-state index is 0.754. The van der Waals surface area contributed by atoms with E-state index in [1.54, 1.807) is 6.26 Å². The average Bonchev–Trinajstić information content (AvgIpc) is 3.49. The Morgan fingerprint density at radius 3 is 2.77 bits per heavy atom. The van der Waals surface area contributed by atoms with Crippen molar-refractivity contribution in [1.82, 2.24) is 9.66 Å². The lowest BCUT2D eigenvalue weighted by molar-refractivity contribution is 0.575. The van der Waals surface area contributed by atoms with Gasteiger partial charge in [0.25, 0.3) is 0 Å². The number of thiazole rings is 1. The molecule has 0 spiro atoms. The molecule has 5 nitrogen and oxygen atoms in total. The first-order valence-electron chi connectivity index (χ1n) is 9.66. The van der Waals surface area contributed by atoms with Crippen molar-refractivity contribution in [3.05, 3.63) is 93.9 Å². The van der Waals surface area contributed by atoms with Gasteiger partial charge >= 0.3 is 0 Å². The highest BCUT2D eigenvalue weighted by molar-refractivity contribution is 7.07. The lowest BCUT2D eigenvalue weighted by Gasteiger charge is -2.02. The molecule has 0 unspecified atom stereocenters. The average molecular weight is 413 g/mol. The second-order valence-electron chi connectivity index (χ2n) is 7.11. The van der Waals surface area contributed by atoms with Crippen LogP contribution >= 0.6 is 11.3 Å². The third kappa shape index (κ3) is 3.42. The van der Waals surface area contributed by atoms with Gasteiger partial charge in [-0.3, -0.25) is 0 Å². The second-order valence-corrected chi connectivity index (χ2v) is 7.94. The molecule has 0 fully saturated rings. The molecule has 3 aromatic heterocycles. The van der Waals surface area contributed by atoms with E-state index in [0.717, 1.165) is 38.4 Å². The Kier molecular flexibility index (Phi) is 4.69. The van der Waals surface area contributed by atoms with Crippen LogP contribution in [0.1, 0.15) is 16.7 Å². The Hall–Kier alpha value is -3.64. The number of H-pyrrole nitrogens is 1. The summed E-state index contributed by atoms with van der Waals surface area (Å²) < 4.78 is 7.46. The molecule has 0 aliphatic carbocycles. The summed E-state index contributed by atoms with van der Waals surface area (Å²) in [6.07, 6.45) is 5.49. The molecule has 1 N–H and O–H groups in total. The van der Waals surface area contributed by atoms with Gasteiger partial charge in [0.05, 0.1) is 18.2 Å². The van der Waals surface area contributed by atoms with Crippen LogP contribution < -0.4 is 4.80 Å². The first kappa shape index (κ1) is 18.4. The van der Waals surface area contributed by atoms with E-state index in [1.165, 1.54) is 22.5 Å². The summed E-state index contributed by atoms with van der Waals surface area (Å²) >= 11 is 1.53. The molecule has 0 saturated carbocycles. The van der Waals surface area contributed by atoms with Gasteiger partial charge in [0.2, 0.25) is 4.80 Å². The van der Waals surface area contributed by atoms with Crippen LogP contribution in [0.5, 0.6) is 0 Å². The summed E-state index contributed by atoms with van der Waals surface area (Å²) in [5, 5.41) is 7.93. The molecule has 0 amide bonds. The number of para-hydroxylation sites is 1. The fraction of sp³-hybridized carbons (Fsp3) is 0.0833. The first-order chi connectivity index (χ1) is 14.7. The van der Waals surface area contributed by atoms with Gasteiger partial charge in [-0.15, -0.1) is 11.3 Å². The molecule has 5 rings (SSSR count). The predicted octanol–water partition coefficient (Wildman–Crippen LogP) is 6.02. The van der Waals surface area contributed by atoms with Gasteiger partial charge in [0, 0.05) is 28.0 Å². The van der Waals surface area contributed by atoms with Crippen LogP contribution in [0.4, 0.5) is 5.69 Å². The van der Waals surface area contributed by atoms with Crippen molar-refractivity contribution in [1.29, 1.82) is 0 Å². The van der Waals surface area contributed by atoms with E-state index >= 15 is 0 Å². The number of benzene rings is 2. The monoisotopic (exact) mass is 412 g/mol. The predicted molar refractivity (Wildman–Crippen MR) is 122 cm³/mol. The molecule has 0 bridgehead atoms. The summed E-state index contributed by atoms with van der Waals surface area (Å²) in [7, 11) is 0. The third-order valence-corrected chi connectivity index (χ3v) is 5.92. The van der Waals surface area contributed by atoms with E-state index in [0.29, 0.717) is 0 Å². The van der Waals surface area contributed by atoms with Crippen molar-refractivity contribution in [3.63, 3.8) is 0 Å². The minimum Gasteiger partial charge on any atom is -0.463 e. The van der Waals surface area contributed by atoms with Crippen LogP contribution in [0.25, 0.3) is 22.4 Å². The highest BCUT2D eigenvalue weighted by atomic mass is 32.1. The summed E-state index contributed by atoms with van der Waals surface area (Å²) in [4.78, 5) is 8.92.